The van der Waals surface area contributed by atoms with Crippen LogP contribution in [-0.4, -0.2) is 47.7 Å². The van der Waals surface area contributed by atoms with E-state index in [1.54, 1.807) is 6.07 Å². The van der Waals surface area contributed by atoms with Gasteiger partial charge in [0.15, 0.2) is 6.10 Å². The Kier molecular flexibility index (Phi) is 4.21. The third-order valence-corrected chi connectivity index (χ3v) is 3.55. The second-order valence-electron chi connectivity index (χ2n) is 4.41. The summed E-state index contributed by atoms with van der Waals surface area (Å²) >= 11 is 3.33. The van der Waals surface area contributed by atoms with E-state index in [2.05, 4.69) is 15.9 Å². The topological polar surface area (TPSA) is 66.8 Å². The van der Waals surface area contributed by atoms with E-state index in [1.165, 1.54) is 4.90 Å². The number of ether oxygens (including phenoxy) is 1. The molecule has 1 aromatic carbocycles. The highest BCUT2D eigenvalue weighted by Gasteiger charge is 2.29. The van der Waals surface area contributed by atoms with Gasteiger partial charge >= 0.3 is 5.97 Å². The van der Waals surface area contributed by atoms with E-state index >= 15 is 0 Å². The van der Waals surface area contributed by atoms with Gasteiger partial charge in [-0.3, -0.25) is 4.79 Å². The van der Waals surface area contributed by atoms with Crippen LogP contribution in [-0.2, 0) is 9.53 Å². The quantitative estimate of drug-likeness (QED) is 0.897. The summed E-state index contributed by atoms with van der Waals surface area (Å²) in [5, 5.41) is 8.94. The van der Waals surface area contributed by atoms with E-state index in [9.17, 15) is 9.59 Å². The molecule has 0 saturated carbocycles. The molecule has 1 N–H and O–H groups in total. The largest absolute Gasteiger partial charge is 0.479 e. The van der Waals surface area contributed by atoms with Crippen molar-refractivity contribution in [3.8, 4) is 0 Å². The summed E-state index contributed by atoms with van der Waals surface area (Å²) in [5.74, 6) is -1.20. The minimum atomic E-state index is -1.04. The summed E-state index contributed by atoms with van der Waals surface area (Å²) in [6, 6.07) is 5.47. The van der Waals surface area contributed by atoms with Crippen LogP contribution < -0.4 is 0 Å². The van der Waals surface area contributed by atoms with Gasteiger partial charge < -0.3 is 14.7 Å². The predicted octanol–water partition coefficient (Wildman–Crippen LogP) is 1.68. The Bertz CT molecular complexity index is 517. The highest BCUT2D eigenvalue weighted by Crippen LogP contribution is 2.19. The van der Waals surface area contributed by atoms with Crippen LogP contribution >= 0.6 is 15.9 Å². The van der Waals surface area contributed by atoms with Crippen molar-refractivity contribution < 1.29 is 19.4 Å². The number of halogens is 1. The molecular weight excluding hydrogens is 314 g/mol. The molecule has 1 atom stereocenters. The van der Waals surface area contributed by atoms with Crippen molar-refractivity contribution in [2.24, 2.45) is 0 Å². The average Bonchev–Trinajstić information content (AvgIpc) is 2.41. The standard InChI is InChI=1S/C13H14BrNO4/c1-8-2-3-9(14)6-10(8)12(16)15-4-5-19-11(7-15)13(17)18/h2-3,6,11H,4-5,7H2,1H3,(H,17,18)/t11-/m1/s1. The van der Waals surface area contributed by atoms with E-state index in [4.69, 9.17) is 9.84 Å². The minimum absolute atomic E-state index is 0.0835. The van der Waals surface area contributed by atoms with Gasteiger partial charge in [0.05, 0.1) is 13.2 Å². The number of hydrogen-bond acceptors (Lipinski definition) is 3. The zero-order valence-corrected chi connectivity index (χ0v) is 12.0. The van der Waals surface area contributed by atoms with Crippen LogP contribution in [0.2, 0.25) is 0 Å². The van der Waals surface area contributed by atoms with Crippen LogP contribution in [0.3, 0.4) is 0 Å². The third kappa shape index (κ3) is 3.13. The lowest BCUT2D eigenvalue weighted by Crippen LogP contribution is -2.48. The summed E-state index contributed by atoms with van der Waals surface area (Å²) in [4.78, 5) is 24.8. The maximum atomic E-state index is 12.4. The number of carboxylic acid groups (broad SMARTS) is 1. The fourth-order valence-electron chi connectivity index (χ4n) is 1.98. The number of carbonyl (C=O) groups is 2. The Balaban J connectivity index is 2.19. The van der Waals surface area contributed by atoms with E-state index in [0.717, 1.165) is 10.0 Å². The number of hydrogen-bond donors (Lipinski definition) is 1. The number of carboxylic acids is 1. The molecule has 102 valence electrons. The summed E-state index contributed by atoms with van der Waals surface area (Å²) < 4.78 is 5.93. The van der Waals surface area contributed by atoms with Crippen LogP contribution in [0, 0.1) is 6.92 Å². The van der Waals surface area contributed by atoms with Crippen LogP contribution in [0.1, 0.15) is 15.9 Å². The highest BCUT2D eigenvalue weighted by atomic mass is 79.9. The molecule has 0 aliphatic carbocycles. The molecule has 0 radical (unpaired) electrons. The van der Waals surface area contributed by atoms with Gasteiger partial charge in [0.1, 0.15) is 0 Å². The van der Waals surface area contributed by atoms with Crippen LogP contribution in [0.15, 0.2) is 22.7 Å². The van der Waals surface area contributed by atoms with Crippen molar-refractivity contribution in [3.63, 3.8) is 0 Å². The first kappa shape index (κ1) is 14.0. The third-order valence-electron chi connectivity index (χ3n) is 3.06. The first-order chi connectivity index (χ1) is 8.99. The molecular formula is C13H14BrNO4. The smallest absolute Gasteiger partial charge is 0.334 e. The van der Waals surface area contributed by atoms with E-state index in [-0.39, 0.29) is 19.1 Å². The van der Waals surface area contributed by atoms with Crippen LogP contribution in [0.25, 0.3) is 0 Å². The minimum Gasteiger partial charge on any atom is -0.479 e. The number of carbonyl (C=O) groups excluding carboxylic acids is 1. The van der Waals surface area contributed by atoms with Gasteiger partial charge in [0, 0.05) is 16.6 Å². The van der Waals surface area contributed by atoms with Crippen LogP contribution in [0.5, 0.6) is 0 Å². The summed E-state index contributed by atoms with van der Waals surface area (Å²) in [7, 11) is 0. The number of nitrogens with zero attached hydrogens (tertiary/aromatic N) is 1. The Morgan fingerprint density at radius 3 is 2.89 bits per heavy atom. The summed E-state index contributed by atoms with van der Waals surface area (Å²) in [6.07, 6.45) is -0.940. The molecule has 1 aliphatic rings. The number of morpholine rings is 1. The summed E-state index contributed by atoms with van der Waals surface area (Å²) in [5.41, 5.74) is 1.45. The SMILES string of the molecule is Cc1ccc(Br)cc1C(=O)N1CCO[C@@H](C(=O)O)C1. The molecule has 1 saturated heterocycles. The predicted molar refractivity (Wildman–Crippen MR) is 72.2 cm³/mol. The maximum absolute atomic E-state index is 12.4. The highest BCUT2D eigenvalue weighted by molar-refractivity contribution is 9.10. The van der Waals surface area contributed by atoms with Crippen molar-refractivity contribution in [2.75, 3.05) is 19.7 Å². The zero-order valence-electron chi connectivity index (χ0n) is 10.4. The Labute approximate surface area is 119 Å². The normalized spacial score (nSPS) is 19.3. The molecule has 0 unspecified atom stereocenters. The molecule has 6 heteroatoms. The van der Waals surface area contributed by atoms with E-state index in [1.807, 2.05) is 19.1 Å². The van der Waals surface area contributed by atoms with E-state index < -0.39 is 12.1 Å². The van der Waals surface area contributed by atoms with Crippen LogP contribution in [0.4, 0.5) is 0 Å². The summed E-state index contributed by atoms with van der Waals surface area (Å²) in [6.45, 7) is 2.60. The second kappa shape index (κ2) is 5.71. The lowest BCUT2D eigenvalue weighted by molar-refractivity contribution is -0.154. The number of aryl methyl sites for hydroxylation is 1. The van der Waals surface area contributed by atoms with Gasteiger partial charge in [-0.05, 0) is 24.6 Å². The monoisotopic (exact) mass is 327 g/mol. The van der Waals surface area contributed by atoms with Crippen molar-refractivity contribution in [1.82, 2.24) is 4.90 Å². The number of benzene rings is 1. The van der Waals surface area contributed by atoms with Crippen molar-refractivity contribution >= 4 is 27.8 Å². The molecule has 1 amide bonds. The van der Waals surface area contributed by atoms with Crippen molar-refractivity contribution in [1.29, 1.82) is 0 Å². The molecule has 19 heavy (non-hydrogen) atoms. The Hall–Kier alpha value is -1.40. The average molecular weight is 328 g/mol. The zero-order chi connectivity index (χ0) is 14.0. The molecule has 0 spiro atoms. The fraction of sp³-hybridized carbons (Fsp3) is 0.385. The van der Waals surface area contributed by atoms with Crippen molar-refractivity contribution in [2.45, 2.75) is 13.0 Å². The second-order valence-corrected chi connectivity index (χ2v) is 5.32. The lowest BCUT2D eigenvalue weighted by Gasteiger charge is -2.31. The number of aliphatic carboxylic acids is 1. The van der Waals surface area contributed by atoms with Gasteiger partial charge in [-0.25, -0.2) is 4.79 Å². The van der Waals surface area contributed by atoms with Gasteiger partial charge in [-0.1, -0.05) is 22.0 Å². The number of rotatable bonds is 2. The molecule has 2 rings (SSSR count). The maximum Gasteiger partial charge on any atom is 0.334 e. The molecule has 0 bridgehead atoms. The number of amides is 1. The Morgan fingerprint density at radius 2 is 2.21 bits per heavy atom. The molecule has 1 fully saturated rings. The molecule has 0 aromatic heterocycles. The van der Waals surface area contributed by atoms with Crippen molar-refractivity contribution in [3.05, 3.63) is 33.8 Å². The van der Waals surface area contributed by atoms with Gasteiger partial charge in [0.2, 0.25) is 0 Å². The molecule has 1 aliphatic heterocycles. The first-order valence-corrected chi connectivity index (χ1v) is 6.68. The lowest BCUT2D eigenvalue weighted by atomic mass is 10.1. The molecule has 1 aromatic rings. The first-order valence-electron chi connectivity index (χ1n) is 5.89. The Morgan fingerprint density at radius 1 is 1.47 bits per heavy atom. The van der Waals surface area contributed by atoms with Gasteiger partial charge in [-0.2, -0.15) is 0 Å². The van der Waals surface area contributed by atoms with E-state index in [0.29, 0.717) is 12.1 Å². The molecule has 1 heterocycles. The van der Waals surface area contributed by atoms with Gasteiger partial charge in [0.25, 0.3) is 5.91 Å². The fourth-order valence-corrected chi connectivity index (χ4v) is 2.34. The van der Waals surface area contributed by atoms with Gasteiger partial charge in [-0.15, -0.1) is 0 Å². The molecule has 5 nitrogen and oxygen atoms in total.